The fourth-order valence-electron chi connectivity index (χ4n) is 6.66. The maximum absolute atomic E-state index is 12.9. The number of hydrogen-bond donors (Lipinski definition) is 2. The van der Waals surface area contributed by atoms with Gasteiger partial charge in [0.15, 0.2) is 0 Å². The third kappa shape index (κ3) is 8.59. The Kier molecular flexibility index (Phi) is 12.0. The van der Waals surface area contributed by atoms with Gasteiger partial charge in [-0.2, -0.15) is 16.8 Å². The van der Waals surface area contributed by atoms with E-state index < -0.39 is 30.0 Å². The SMILES string of the molecule is COc1ncc(N2CCc3ncnc(O[C@H]4CCN(C(=O)C5CCOCC5)C4)c3C2)cc1C.O.O=S(=O)(O)c1cccc2c(S(=O)(=O)O)cccc12. The van der Waals surface area contributed by atoms with Crippen LogP contribution in [0.15, 0.2) is 64.8 Å². The molecule has 3 aliphatic heterocycles. The molecule has 2 fully saturated rings. The molecule has 280 valence electrons. The number of amides is 1. The molecule has 2 aromatic carbocycles. The summed E-state index contributed by atoms with van der Waals surface area (Å²) in [6.45, 7) is 6.22. The number of carbonyl (C=O) groups excluding carboxylic acids is 1. The number of hydrogen-bond acceptors (Lipinski definition) is 12. The Morgan fingerprint density at radius 2 is 1.56 bits per heavy atom. The molecule has 2 aromatic heterocycles. The summed E-state index contributed by atoms with van der Waals surface area (Å²) < 4.78 is 79.7. The molecule has 3 aliphatic rings. The fourth-order valence-corrected chi connectivity index (χ4v) is 8.07. The molecule has 52 heavy (non-hydrogen) atoms. The second kappa shape index (κ2) is 16.1. The molecular weight excluding hydrogens is 719 g/mol. The van der Waals surface area contributed by atoms with Gasteiger partial charge >= 0.3 is 0 Å². The van der Waals surface area contributed by atoms with Crippen molar-refractivity contribution in [3.63, 3.8) is 0 Å². The highest BCUT2D eigenvalue weighted by Gasteiger charge is 2.34. The van der Waals surface area contributed by atoms with Gasteiger partial charge in [-0.05, 0) is 38.0 Å². The van der Waals surface area contributed by atoms with Crippen LogP contribution in [0.3, 0.4) is 0 Å². The second-order valence-electron chi connectivity index (χ2n) is 12.6. The molecule has 1 atom stereocenters. The van der Waals surface area contributed by atoms with Crippen LogP contribution in [0.25, 0.3) is 10.8 Å². The summed E-state index contributed by atoms with van der Waals surface area (Å²) in [6, 6.07) is 9.62. The average Bonchev–Trinajstić information content (AvgIpc) is 3.59. The van der Waals surface area contributed by atoms with Crippen LogP contribution in [0, 0.1) is 12.8 Å². The van der Waals surface area contributed by atoms with E-state index >= 15 is 0 Å². The van der Waals surface area contributed by atoms with Gasteiger partial charge in [0.25, 0.3) is 20.2 Å². The predicted molar refractivity (Wildman–Crippen MR) is 189 cm³/mol. The summed E-state index contributed by atoms with van der Waals surface area (Å²) in [6.07, 6.45) is 6.65. The number of aryl methyl sites for hydroxylation is 1. The minimum absolute atomic E-state index is 0. The first-order valence-corrected chi connectivity index (χ1v) is 19.3. The standard InChI is InChI=1S/C24H31N5O4.C10H8O6S2.H2O/c1-16-11-18(12-25-22(16)31-2)28-8-4-21-20(14-28)23(27-15-26-21)33-19-3-7-29(13-19)24(30)17-5-9-32-10-6-17;11-17(12,13)9-5-1-3-7-8(9)4-2-6-10(7)18(14,15)16;/h11-12,15,17,19H,3-10,13-14H2,1-2H3;1-6H,(H,11,12,13)(H,14,15,16);1H2/t19-;;/m0../s1. The van der Waals surface area contributed by atoms with Gasteiger partial charge in [0.05, 0.1) is 43.3 Å². The van der Waals surface area contributed by atoms with Gasteiger partial charge in [-0.1, -0.05) is 24.3 Å². The van der Waals surface area contributed by atoms with E-state index in [0.29, 0.717) is 38.1 Å². The molecule has 2 saturated heterocycles. The molecule has 7 rings (SSSR count). The summed E-state index contributed by atoms with van der Waals surface area (Å²) in [5, 5.41) is 0.0465. The Balaban J connectivity index is 0.000000234. The minimum Gasteiger partial charge on any atom is -0.481 e. The first-order valence-electron chi connectivity index (χ1n) is 16.4. The van der Waals surface area contributed by atoms with Crippen molar-refractivity contribution in [2.45, 2.75) is 55.0 Å². The largest absolute Gasteiger partial charge is 0.481 e. The fraction of sp³-hybridized carbons (Fsp3) is 0.412. The van der Waals surface area contributed by atoms with E-state index in [2.05, 4.69) is 25.9 Å². The molecule has 0 radical (unpaired) electrons. The van der Waals surface area contributed by atoms with Crippen molar-refractivity contribution in [1.29, 1.82) is 0 Å². The number of carbonyl (C=O) groups is 1. The minimum atomic E-state index is -4.47. The summed E-state index contributed by atoms with van der Waals surface area (Å²) in [5.41, 5.74) is 4.10. The van der Waals surface area contributed by atoms with E-state index in [1.165, 1.54) is 24.3 Å². The number of anilines is 1. The lowest BCUT2D eigenvalue weighted by atomic mass is 9.99. The Hall–Kier alpha value is -4.46. The van der Waals surface area contributed by atoms with E-state index in [-0.39, 0.29) is 34.2 Å². The predicted octanol–water partition coefficient (Wildman–Crippen LogP) is 2.67. The average molecular weight is 760 g/mol. The zero-order valence-corrected chi connectivity index (χ0v) is 30.3. The van der Waals surface area contributed by atoms with Crippen molar-refractivity contribution < 1.29 is 50.4 Å². The molecule has 0 spiro atoms. The third-order valence-electron chi connectivity index (χ3n) is 9.24. The summed E-state index contributed by atoms with van der Waals surface area (Å²) in [4.78, 5) is 29.7. The number of rotatable bonds is 7. The van der Waals surface area contributed by atoms with Crippen molar-refractivity contribution in [2.75, 3.05) is 44.9 Å². The van der Waals surface area contributed by atoms with Gasteiger partial charge in [0.1, 0.15) is 22.2 Å². The van der Waals surface area contributed by atoms with Crippen LogP contribution in [-0.2, 0) is 42.7 Å². The second-order valence-corrected chi connectivity index (χ2v) is 15.3. The third-order valence-corrected chi connectivity index (χ3v) is 11.1. The molecule has 1 amide bonds. The Morgan fingerprint density at radius 1 is 0.904 bits per heavy atom. The van der Waals surface area contributed by atoms with Crippen LogP contribution in [0.2, 0.25) is 0 Å². The normalized spacial score (nSPS) is 17.8. The summed E-state index contributed by atoms with van der Waals surface area (Å²) >= 11 is 0. The number of methoxy groups -OCH3 is 1. The molecule has 0 unspecified atom stereocenters. The van der Waals surface area contributed by atoms with Crippen molar-refractivity contribution in [2.24, 2.45) is 5.92 Å². The van der Waals surface area contributed by atoms with Gasteiger partial charge in [-0.25, -0.2) is 15.0 Å². The molecule has 18 heteroatoms. The smallest absolute Gasteiger partial charge is 0.295 e. The van der Waals surface area contributed by atoms with E-state index in [1.54, 1.807) is 13.4 Å². The number of pyridine rings is 1. The van der Waals surface area contributed by atoms with Crippen LogP contribution in [0.1, 0.15) is 36.1 Å². The maximum atomic E-state index is 12.9. The number of aromatic nitrogens is 3. The summed E-state index contributed by atoms with van der Waals surface area (Å²) in [5.74, 6) is 1.60. The van der Waals surface area contributed by atoms with E-state index in [1.807, 2.05) is 18.0 Å². The Morgan fingerprint density at radius 3 is 2.15 bits per heavy atom. The lowest BCUT2D eigenvalue weighted by Crippen LogP contribution is -2.38. The Labute approximate surface area is 301 Å². The van der Waals surface area contributed by atoms with Crippen LogP contribution in [-0.4, -0.2) is 103 Å². The maximum Gasteiger partial charge on any atom is 0.295 e. The number of ether oxygens (including phenoxy) is 3. The van der Waals surface area contributed by atoms with E-state index in [9.17, 15) is 21.6 Å². The van der Waals surface area contributed by atoms with Gasteiger partial charge < -0.3 is 29.5 Å². The summed E-state index contributed by atoms with van der Waals surface area (Å²) in [7, 11) is -7.30. The zero-order chi connectivity index (χ0) is 36.3. The molecule has 5 heterocycles. The van der Waals surface area contributed by atoms with Crippen molar-refractivity contribution in [3.05, 3.63) is 71.8 Å². The highest BCUT2D eigenvalue weighted by atomic mass is 32.2. The molecule has 0 saturated carbocycles. The first-order chi connectivity index (χ1) is 24.3. The van der Waals surface area contributed by atoms with Gasteiger partial charge in [-0.15, -0.1) is 0 Å². The molecule has 4 aromatic rings. The van der Waals surface area contributed by atoms with Crippen LogP contribution >= 0.6 is 0 Å². The highest BCUT2D eigenvalue weighted by Crippen LogP contribution is 2.32. The van der Waals surface area contributed by atoms with E-state index in [0.717, 1.165) is 73.4 Å². The number of fused-ring (bicyclic) bond motifs is 2. The molecule has 0 aliphatic carbocycles. The topological polar surface area (TPSA) is 230 Å². The molecule has 16 nitrogen and oxygen atoms in total. The van der Waals surface area contributed by atoms with Crippen molar-refractivity contribution >= 4 is 42.6 Å². The van der Waals surface area contributed by atoms with Gasteiger partial charge in [-0.3, -0.25) is 13.9 Å². The molecule has 0 bridgehead atoms. The Bertz CT molecular complexity index is 2070. The van der Waals surface area contributed by atoms with Gasteiger partial charge in [0.2, 0.25) is 17.7 Å². The van der Waals surface area contributed by atoms with E-state index in [4.69, 9.17) is 23.3 Å². The van der Waals surface area contributed by atoms with Gasteiger partial charge in [0, 0.05) is 61.4 Å². The zero-order valence-electron chi connectivity index (χ0n) is 28.6. The van der Waals surface area contributed by atoms with Crippen LogP contribution in [0.5, 0.6) is 11.8 Å². The number of benzene rings is 2. The quantitative estimate of drug-likeness (QED) is 0.258. The number of nitrogens with zero attached hydrogens (tertiary/aromatic N) is 5. The first kappa shape index (κ1) is 38.8. The highest BCUT2D eigenvalue weighted by molar-refractivity contribution is 7.86. The van der Waals surface area contributed by atoms with Crippen LogP contribution < -0.4 is 14.4 Å². The molecule has 4 N–H and O–H groups in total. The lowest BCUT2D eigenvalue weighted by Gasteiger charge is -2.31. The lowest BCUT2D eigenvalue weighted by molar-refractivity contribution is -0.137. The van der Waals surface area contributed by atoms with Crippen molar-refractivity contribution in [1.82, 2.24) is 19.9 Å². The number of likely N-dealkylation sites (tertiary alicyclic amines) is 1. The molecular formula is C34H41N5O11S2. The monoisotopic (exact) mass is 759 g/mol. The van der Waals surface area contributed by atoms with Crippen LogP contribution in [0.4, 0.5) is 5.69 Å². The van der Waals surface area contributed by atoms with Crippen molar-refractivity contribution in [3.8, 4) is 11.8 Å².